The van der Waals surface area contributed by atoms with Crippen LogP contribution in [0.3, 0.4) is 0 Å². The standard InChI is InChI=1S/C19H31N3O3S/c1-19(2,3)25-18(23)22-11-5-7-15(13-22)8-6-12-24-14-16-17(26-4)21-10-9-20-16/h9-10,15H,5-8,11-14H2,1-4H3/t15-/m0/s1. The summed E-state index contributed by atoms with van der Waals surface area (Å²) in [5.41, 5.74) is 0.460. The smallest absolute Gasteiger partial charge is 0.410 e. The van der Waals surface area contributed by atoms with Gasteiger partial charge < -0.3 is 14.4 Å². The molecule has 1 amide bonds. The second kappa shape index (κ2) is 10.1. The molecule has 1 fully saturated rings. The van der Waals surface area contributed by atoms with Gasteiger partial charge in [-0.15, -0.1) is 11.8 Å². The predicted molar refractivity (Wildman–Crippen MR) is 103 cm³/mol. The Morgan fingerprint density at radius 2 is 2.12 bits per heavy atom. The summed E-state index contributed by atoms with van der Waals surface area (Å²) in [6, 6.07) is 0. The number of carbonyl (C=O) groups excluding carboxylic acids is 1. The molecule has 1 aliphatic heterocycles. The first-order valence-electron chi connectivity index (χ1n) is 9.28. The summed E-state index contributed by atoms with van der Waals surface area (Å²) in [6.45, 7) is 8.50. The number of ether oxygens (including phenoxy) is 2. The summed E-state index contributed by atoms with van der Waals surface area (Å²) in [4.78, 5) is 22.7. The Kier molecular flexibility index (Phi) is 8.15. The number of rotatable bonds is 7. The van der Waals surface area contributed by atoms with Gasteiger partial charge in [-0.2, -0.15) is 0 Å². The van der Waals surface area contributed by atoms with E-state index in [9.17, 15) is 4.79 Å². The SMILES string of the molecule is CSc1nccnc1COCCC[C@@H]1CCCN(C(=O)OC(C)(C)C)C1. The Morgan fingerprint density at radius 1 is 1.35 bits per heavy atom. The Hall–Kier alpha value is -1.34. The summed E-state index contributed by atoms with van der Waals surface area (Å²) < 4.78 is 11.3. The number of piperidine rings is 1. The van der Waals surface area contributed by atoms with E-state index >= 15 is 0 Å². The number of amides is 1. The Balaban J connectivity index is 1.67. The summed E-state index contributed by atoms with van der Waals surface area (Å²) in [5, 5.41) is 0.924. The molecule has 0 N–H and O–H groups in total. The van der Waals surface area contributed by atoms with Crippen LogP contribution < -0.4 is 0 Å². The van der Waals surface area contributed by atoms with Crippen molar-refractivity contribution in [2.75, 3.05) is 26.0 Å². The number of carbonyl (C=O) groups is 1. The van der Waals surface area contributed by atoms with Crippen molar-refractivity contribution in [3.63, 3.8) is 0 Å². The number of hydrogen-bond acceptors (Lipinski definition) is 6. The minimum absolute atomic E-state index is 0.189. The van der Waals surface area contributed by atoms with Crippen molar-refractivity contribution in [1.29, 1.82) is 0 Å². The molecule has 0 bridgehead atoms. The van der Waals surface area contributed by atoms with Gasteiger partial charge in [-0.25, -0.2) is 9.78 Å². The van der Waals surface area contributed by atoms with E-state index in [0.717, 1.165) is 43.1 Å². The Bertz CT molecular complexity index is 577. The van der Waals surface area contributed by atoms with Gasteiger partial charge in [-0.3, -0.25) is 4.98 Å². The van der Waals surface area contributed by atoms with Gasteiger partial charge in [-0.1, -0.05) is 0 Å². The maximum atomic E-state index is 12.2. The molecule has 1 aliphatic rings. The van der Waals surface area contributed by atoms with Crippen molar-refractivity contribution in [3.05, 3.63) is 18.1 Å². The van der Waals surface area contributed by atoms with Gasteiger partial charge in [0, 0.05) is 32.1 Å². The van der Waals surface area contributed by atoms with Gasteiger partial charge in [0.15, 0.2) is 0 Å². The maximum absolute atomic E-state index is 12.2. The molecule has 2 heterocycles. The van der Waals surface area contributed by atoms with Crippen LogP contribution in [0.25, 0.3) is 0 Å². The molecule has 26 heavy (non-hydrogen) atoms. The topological polar surface area (TPSA) is 64.6 Å². The van der Waals surface area contributed by atoms with E-state index in [1.165, 1.54) is 6.42 Å². The molecule has 1 saturated heterocycles. The third-order valence-electron chi connectivity index (χ3n) is 4.24. The molecular formula is C19H31N3O3S. The van der Waals surface area contributed by atoms with E-state index in [-0.39, 0.29) is 6.09 Å². The maximum Gasteiger partial charge on any atom is 0.410 e. The fourth-order valence-electron chi connectivity index (χ4n) is 3.06. The zero-order valence-electron chi connectivity index (χ0n) is 16.4. The highest BCUT2D eigenvalue weighted by Crippen LogP contribution is 2.23. The van der Waals surface area contributed by atoms with Crippen LogP contribution in [0.15, 0.2) is 17.4 Å². The number of thioether (sulfide) groups is 1. The molecule has 2 rings (SSSR count). The molecule has 0 unspecified atom stereocenters. The molecule has 1 atom stereocenters. The first kappa shape index (κ1) is 21.0. The second-order valence-corrected chi connectivity index (χ2v) is 8.44. The Morgan fingerprint density at radius 3 is 2.85 bits per heavy atom. The van der Waals surface area contributed by atoms with Crippen LogP contribution in [-0.4, -0.2) is 52.5 Å². The van der Waals surface area contributed by atoms with Crippen molar-refractivity contribution < 1.29 is 14.3 Å². The minimum atomic E-state index is -0.437. The molecule has 146 valence electrons. The van der Waals surface area contributed by atoms with Crippen LogP contribution in [0.1, 0.15) is 52.1 Å². The highest BCUT2D eigenvalue weighted by atomic mass is 32.2. The number of likely N-dealkylation sites (tertiary alicyclic amines) is 1. The molecule has 6 nitrogen and oxygen atoms in total. The fraction of sp³-hybridized carbons (Fsp3) is 0.737. The minimum Gasteiger partial charge on any atom is -0.444 e. The van der Waals surface area contributed by atoms with Crippen molar-refractivity contribution in [2.24, 2.45) is 5.92 Å². The average Bonchev–Trinajstić information content (AvgIpc) is 2.60. The highest BCUT2D eigenvalue weighted by molar-refractivity contribution is 7.98. The third-order valence-corrected chi connectivity index (χ3v) is 4.97. The quantitative estimate of drug-likeness (QED) is 0.522. The van der Waals surface area contributed by atoms with E-state index in [1.807, 2.05) is 31.9 Å². The lowest BCUT2D eigenvalue weighted by Crippen LogP contribution is -2.42. The van der Waals surface area contributed by atoms with Crippen LogP contribution in [-0.2, 0) is 16.1 Å². The van der Waals surface area contributed by atoms with Crippen molar-refractivity contribution in [1.82, 2.24) is 14.9 Å². The van der Waals surface area contributed by atoms with Gasteiger partial charge in [-0.05, 0) is 58.6 Å². The number of hydrogen-bond donors (Lipinski definition) is 0. The van der Waals surface area contributed by atoms with Gasteiger partial charge >= 0.3 is 6.09 Å². The molecule has 1 aromatic rings. The molecule has 0 saturated carbocycles. The van der Waals surface area contributed by atoms with Gasteiger partial charge in [0.05, 0.1) is 12.3 Å². The molecule has 0 radical (unpaired) electrons. The normalized spacial score (nSPS) is 18.0. The lowest BCUT2D eigenvalue weighted by molar-refractivity contribution is 0.0154. The first-order chi connectivity index (χ1) is 12.4. The lowest BCUT2D eigenvalue weighted by atomic mass is 9.94. The number of aromatic nitrogens is 2. The van der Waals surface area contributed by atoms with Crippen LogP contribution in [0, 0.1) is 5.92 Å². The predicted octanol–water partition coefficient (Wildman–Crippen LogP) is 4.14. The van der Waals surface area contributed by atoms with Gasteiger partial charge in [0.2, 0.25) is 0 Å². The largest absolute Gasteiger partial charge is 0.444 e. The molecule has 7 heteroatoms. The first-order valence-corrected chi connectivity index (χ1v) is 10.5. The fourth-order valence-corrected chi connectivity index (χ4v) is 3.57. The highest BCUT2D eigenvalue weighted by Gasteiger charge is 2.27. The average molecular weight is 382 g/mol. The van der Waals surface area contributed by atoms with E-state index in [4.69, 9.17) is 9.47 Å². The summed E-state index contributed by atoms with van der Waals surface area (Å²) in [7, 11) is 0. The zero-order valence-corrected chi connectivity index (χ0v) is 17.2. The van der Waals surface area contributed by atoms with Gasteiger partial charge in [0.1, 0.15) is 10.6 Å². The monoisotopic (exact) mass is 381 g/mol. The third kappa shape index (κ3) is 7.11. The number of nitrogens with zero attached hydrogens (tertiary/aromatic N) is 3. The lowest BCUT2D eigenvalue weighted by Gasteiger charge is -2.34. The van der Waals surface area contributed by atoms with E-state index in [2.05, 4.69) is 9.97 Å². The van der Waals surface area contributed by atoms with Crippen LogP contribution in [0.2, 0.25) is 0 Å². The van der Waals surface area contributed by atoms with Gasteiger partial charge in [0.25, 0.3) is 0 Å². The summed E-state index contributed by atoms with van der Waals surface area (Å²) >= 11 is 1.59. The molecule has 0 aromatic carbocycles. The zero-order chi connectivity index (χ0) is 19.0. The van der Waals surface area contributed by atoms with E-state index in [1.54, 1.807) is 24.2 Å². The second-order valence-electron chi connectivity index (χ2n) is 7.64. The van der Waals surface area contributed by atoms with Crippen LogP contribution in [0.4, 0.5) is 4.79 Å². The Labute approximate surface area is 161 Å². The van der Waals surface area contributed by atoms with E-state index in [0.29, 0.717) is 19.1 Å². The summed E-state index contributed by atoms with van der Waals surface area (Å²) in [6.07, 6.45) is 9.47. The molecule has 1 aromatic heterocycles. The molecular weight excluding hydrogens is 350 g/mol. The molecule has 0 spiro atoms. The van der Waals surface area contributed by atoms with Crippen LogP contribution >= 0.6 is 11.8 Å². The van der Waals surface area contributed by atoms with Crippen molar-refractivity contribution >= 4 is 17.9 Å². The molecule has 0 aliphatic carbocycles. The van der Waals surface area contributed by atoms with Crippen molar-refractivity contribution in [3.8, 4) is 0 Å². The van der Waals surface area contributed by atoms with Crippen molar-refractivity contribution in [2.45, 2.75) is 63.7 Å². The summed E-state index contributed by atoms with van der Waals surface area (Å²) in [5.74, 6) is 0.526. The van der Waals surface area contributed by atoms with E-state index < -0.39 is 5.60 Å². The van der Waals surface area contributed by atoms with Crippen LogP contribution in [0.5, 0.6) is 0 Å².